The van der Waals surface area contributed by atoms with Crippen LogP contribution in [0.5, 0.6) is 0 Å². The van der Waals surface area contributed by atoms with Crippen molar-refractivity contribution in [3.8, 4) is 0 Å². The van der Waals surface area contributed by atoms with Gasteiger partial charge in [0.05, 0.1) is 0 Å². The Kier molecular flexibility index (Phi) is 3.56. The SMILES string of the molecule is CSC1CCC(NC2CCCC2)C1. The topological polar surface area (TPSA) is 12.0 Å². The van der Waals surface area contributed by atoms with Gasteiger partial charge in [0, 0.05) is 17.3 Å². The lowest BCUT2D eigenvalue weighted by Crippen LogP contribution is -2.35. The molecule has 2 unspecified atom stereocenters. The minimum absolute atomic E-state index is 0.848. The van der Waals surface area contributed by atoms with Crippen molar-refractivity contribution in [2.24, 2.45) is 0 Å². The average molecular weight is 199 g/mol. The van der Waals surface area contributed by atoms with Gasteiger partial charge in [-0.05, 0) is 38.4 Å². The molecular formula is C11H21NS. The maximum absolute atomic E-state index is 3.83. The Morgan fingerprint density at radius 3 is 2.38 bits per heavy atom. The molecule has 0 amide bonds. The van der Waals surface area contributed by atoms with E-state index < -0.39 is 0 Å². The lowest BCUT2D eigenvalue weighted by Gasteiger charge is -2.18. The summed E-state index contributed by atoms with van der Waals surface area (Å²) in [4.78, 5) is 0. The molecule has 76 valence electrons. The highest BCUT2D eigenvalue weighted by Gasteiger charge is 2.26. The van der Waals surface area contributed by atoms with Gasteiger partial charge in [0.25, 0.3) is 0 Å². The number of rotatable bonds is 3. The minimum atomic E-state index is 0.848. The van der Waals surface area contributed by atoms with E-state index in [0.29, 0.717) is 0 Å². The molecule has 2 fully saturated rings. The summed E-state index contributed by atoms with van der Waals surface area (Å²) in [6.07, 6.45) is 12.3. The second kappa shape index (κ2) is 4.70. The molecule has 2 atom stereocenters. The van der Waals surface area contributed by atoms with Crippen LogP contribution in [0.2, 0.25) is 0 Å². The second-order valence-electron chi connectivity index (χ2n) is 4.52. The van der Waals surface area contributed by atoms with E-state index in [2.05, 4.69) is 23.3 Å². The van der Waals surface area contributed by atoms with Crippen molar-refractivity contribution in [3.05, 3.63) is 0 Å². The molecule has 0 aromatic carbocycles. The Bertz CT molecular complexity index is 154. The van der Waals surface area contributed by atoms with Gasteiger partial charge in [0.1, 0.15) is 0 Å². The molecule has 0 aromatic heterocycles. The van der Waals surface area contributed by atoms with E-state index >= 15 is 0 Å². The van der Waals surface area contributed by atoms with Crippen LogP contribution in [0.3, 0.4) is 0 Å². The zero-order valence-electron chi connectivity index (χ0n) is 8.59. The van der Waals surface area contributed by atoms with E-state index in [1.807, 2.05) is 0 Å². The second-order valence-corrected chi connectivity index (χ2v) is 5.65. The summed E-state index contributed by atoms with van der Waals surface area (Å²) < 4.78 is 0. The van der Waals surface area contributed by atoms with Crippen LogP contribution in [0.4, 0.5) is 0 Å². The van der Waals surface area contributed by atoms with Crippen molar-refractivity contribution < 1.29 is 0 Å². The molecule has 2 saturated carbocycles. The van der Waals surface area contributed by atoms with Gasteiger partial charge in [-0.15, -0.1) is 0 Å². The first kappa shape index (κ1) is 9.85. The Hall–Kier alpha value is 0.310. The number of nitrogens with one attached hydrogen (secondary N) is 1. The van der Waals surface area contributed by atoms with Gasteiger partial charge in [0.15, 0.2) is 0 Å². The molecule has 0 bridgehead atoms. The predicted octanol–water partition coefficient (Wildman–Crippen LogP) is 2.80. The molecule has 2 aliphatic rings. The fourth-order valence-corrected chi connectivity index (χ4v) is 3.53. The van der Waals surface area contributed by atoms with Crippen LogP contribution < -0.4 is 5.32 Å². The summed E-state index contributed by atoms with van der Waals surface area (Å²) in [5, 5.41) is 4.77. The highest BCUT2D eigenvalue weighted by Crippen LogP contribution is 2.29. The Morgan fingerprint density at radius 2 is 1.77 bits per heavy atom. The largest absolute Gasteiger partial charge is 0.311 e. The van der Waals surface area contributed by atoms with Crippen LogP contribution in [0.1, 0.15) is 44.9 Å². The molecule has 0 aliphatic heterocycles. The van der Waals surface area contributed by atoms with Crippen molar-refractivity contribution in [1.29, 1.82) is 0 Å². The van der Waals surface area contributed by atoms with E-state index in [9.17, 15) is 0 Å². The molecule has 1 N–H and O–H groups in total. The fraction of sp³-hybridized carbons (Fsp3) is 1.00. The van der Waals surface area contributed by atoms with Crippen molar-refractivity contribution in [2.45, 2.75) is 62.3 Å². The van der Waals surface area contributed by atoms with Gasteiger partial charge in [-0.25, -0.2) is 0 Å². The molecule has 0 spiro atoms. The Labute approximate surface area is 86.0 Å². The number of hydrogen-bond donors (Lipinski definition) is 1. The van der Waals surface area contributed by atoms with Crippen LogP contribution in [0.25, 0.3) is 0 Å². The van der Waals surface area contributed by atoms with Gasteiger partial charge < -0.3 is 5.32 Å². The average Bonchev–Trinajstić information content (AvgIpc) is 2.76. The normalized spacial score (nSPS) is 35.8. The number of hydrogen-bond acceptors (Lipinski definition) is 2. The van der Waals surface area contributed by atoms with Crippen molar-refractivity contribution in [1.82, 2.24) is 5.32 Å². The maximum atomic E-state index is 3.83. The summed E-state index contributed by atoms with van der Waals surface area (Å²) >= 11 is 2.05. The third kappa shape index (κ3) is 2.63. The molecule has 1 nitrogen and oxygen atoms in total. The van der Waals surface area contributed by atoms with Crippen LogP contribution >= 0.6 is 11.8 Å². The lowest BCUT2D eigenvalue weighted by molar-refractivity contribution is 0.436. The molecule has 0 heterocycles. The van der Waals surface area contributed by atoms with Crippen molar-refractivity contribution in [2.75, 3.05) is 6.26 Å². The van der Waals surface area contributed by atoms with Crippen LogP contribution in [0.15, 0.2) is 0 Å². The molecule has 2 heteroatoms. The van der Waals surface area contributed by atoms with Crippen LogP contribution in [-0.4, -0.2) is 23.6 Å². The molecular weight excluding hydrogens is 178 g/mol. The summed E-state index contributed by atoms with van der Waals surface area (Å²) in [7, 11) is 0. The molecule has 0 radical (unpaired) electrons. The zero-order valence-corrected chi connectivity index (χ0v) is 9.41. The van der Waals surface area contributed by atoms with Crippen LogP contribution in [0, 0.1) is 0 Å². The lowest BCUT2D eigenvalue weighted by atomic mass is 10.2. The van der Waals surface area contributed by atoms with Gasteiger partial charge in [0.2, 0.25) is 0 Å². The van der Waals surface area contributed by atoms with E-state index in [-0.39, 0.29) is 0 Å². The Morgan fingerprint density at radius 1 is 1.00 bits per heavy atom. The summed E-state index contributed by atoms with van der Waals surface area (Å²) in [5.74, 6) is 0. The molecule has 0 saturated heterocycles. The maximum Gasteiger partial charge on any atom is 0.00805 e. The van der Waals surface area contributed by atoms with E-state index in [1.165, 1.54) is 44.9 Å². The van der Waals surface area contributed by atoms with Gasteiger partial charge >= 0.3 is 0 Å². The first-order valence-electron chi connectivity index (χ1n) is 5.67. The fourth-order valence-electron chi connectivity index (χ4n) is 2.73. The van der Waals surface area contributed by atoms with Gasteiger partial charge in [-0.2, -0.15) is 11.8 Å². The first-order chi connectivity index (χ1) is 6.38. The van der Waals surface area contributed by atoms with Crippen LogP contribution in [-0.2, 0) is 0 Å². The smallest absolute Gasteiger partial charge is 0.00805 e. The third-order valence-corrected chi connectivity index (χ3v) is 4.64. The highest BCUT2D eigenvalue weighted by atomic mass is 32.2. The summed E-state index contributed by atoms with van der Waals surface area (Å²) in [6, 6.07) is 1.71. The van der Waals surface area contributed by atoms with E-state index in [0.717, 1.165) is 17.3 Å². The monoisotopic (exact) mass is 199 g/mol. The molecule has 2 rings (SSSR count). The van der Waals surface area contributed by atoms with Crippen molar-refractivity contribution in [3.63, 3.8) is 0 Å². The summed E-state index contributed by atoms with van der Waals surface area (Å²) in [6.45, 7) is 0. The standard InChI is InChI=1S/C11H21NS/c1-13-11-7-6-10(8-11)12-9-4-2-3-5-9/h9-12H,2-8H2,1H3. The molecule has 2 aliphatic carbocycles. The zero-order chi connectivity index (χ0) is 9.10. The third-order valence-electron chi connectivity index (χ3n) is 3.54. The summed E-state index contributed by atoms with van der Waals surface area (Å²) in [5.41, 5.74) is 0. The van der Waals surface area contributed by atoms with E-state index in [4.69, 9.17) is 0 Å². The molecule has 13 heavy (non-hydrogen) atoms. The van der Waals surface area contributed by atoms with Gasteiger partial charge in [-0.1, -0.05) is 12.8 Å². The predicted molar refractivity (Wildman–Crippen MR) is 60.3 cm³/mol. The molecule has 0 aromatic rings. The quantitative estimate of drug-likeness (QED) is 0.750. The van der Waals surface area contributed by atoms with Crippen molar-refractivity contribution >= 4 is 11.8 Å². The first-order valence-corrected chi connectivity index (χ1v) is 6.96. The number of thioether (sulfide) groups is 1. The van der Waals surface area contributed by atoms with Gasteiger partial charge in [-0.3, -0.25) is 0 Å². The highest BCUT2D eigenvalue weighted by molar-refractivity contribution is 7.99. The Balaban J connectivity index is 1.70. The van der Waals surface area contributed by atoms with E-state index in [1.54, 1.807) is 0 Å². The minimum Gasteiger partial charge on any atom is -0.311 e.